The van der Waals surface area contributed by atoms with E-state index < -0.39 is 0 Å². The van der Waals surface area contributed by atoms with E-state index in [1.165, 1.54) is 0 Å². The van der Waals surface area contributed by atoms with Gasteiger partial charge >= 0.3 is 0 Å². The number of rotatable bonds is 0. The zero-order chi connectivity index (χ0) is 6.85. The molecule has 0 fully saturated rings. The maximum absolute atomic E-state index is 5.53. The van der Waals surface area contributed by atoms with Crippen molar-refractivity contribution < 1.29 is 0 Å². The predicted molar refractivity (Wildman–Crippen MR) is 43.4 cm³/mol. The van der Waals surface area contributed by atoms with Crippen molar-refractivity contribution in [2.24, 2.45) is 0 Å². The Morgan fingerprint density at radius 1 is 1.22 bits per heavy atom. The van der Waals surface area contributed by atoms with E-state index in [1.54, 1.807) is 0 Å². The van der Waals surface area contributed by atoms with Gasteiger partial charge in [0.1, 0.15) is 0 Å². The van der Waals surface area contributed by atoms with Crippen LogP contribution >= 0.6 is 11.6 Å². The summed E-state index contributed by atoms with van der Waals surface area (Å²) in [4.78, 5) is 7.78. The third-order valence-electron chi connectivity index (χ3n) is 0.955. The Morgan fingerprint density at radius 2 is 1.67 bits per heavy atom. The van der Waals surface area contributed by atoms with Gasteiger partial charge < -0.3 is 0 Å². The summed E-state index contributed by atoms with van der Waals surface area (Å²) in [7, 11) is 3.78. The summed E-state index contributed by atoms with van der Waals surface area (Å²) in [5.41, 5.74) is 1.82. The van der Waals surface area contributed by atoms with E-state index in [-0.39, 0.29) is 0 Å². The van der Waals surface area contributed by atoms with Gasteiger partial charge in [0.25, 0.3) is 0 Å². The fourth-order valence-corrected chi connectivity index (χ4v) is 0.950. The molecule has 0 unspecified atom stereocenters. The third-order valence-corrected chi connectivity index (χ3v) is 1.12. The summed E-state index contributed by atoms with van der Waals surface area (Å²) in [5, 5.41) is 0.326. The minimum absolute atomic E-state index is 0.326. The Morgan fingerprint density at radius 3 is 2.00 bits per heavy atom. The van der Waals surface area contributed by atoms with Gasteiger partial charge in [-0.3, -0.25) is 0 Å². The first-order valence-corrected chi connectivity index (χ1v) is 3.04. The van der Waals surface area contributed by atoms with Crippen molar-refractivity contribution in [3.63, 3.8) is 0 Å². The van der Waals surface area contributed by atoms with Gasteiger partial charge in [-0.1, -0.05) is 0 Å². The van der Waals surface area contributed by atoms with E-state index in [4.69, 9.17) is 11.6 Å². The lowest BCUT2D eigenvalue weighted by molar-refractivity contribution is 1.23. The zero-order valence-electron chi connectivity index (χ0n) is 5.35. The third kappa shape index (κ3) is 1.72. The van der Waals surface area contributed by atoms with E-state index in [1.807, 2.05) is 21.8 Å². The average molecular weight is 138 g/mol. The van der Waals surface area contributed by atoms with Crippen LogP contribution in [-0.2, 0) is 0 Å². The zero-order valence-corrected chi connectivity index (χ0v) is 6.11. The predicted octanol–water partition coefficient (Wildman–Crippen LogP) is -2.35. The van der Waals surface area contributed by atoms with Crippen LogP contribution in [0.5, 0.6) is 0 Å². The van der Waals surface area contributed by atoms with Gasteiger partial charge in [0.15, 0.2) is 15.7 Å². The molecule has 1 aromatic heterocycles. The molecule has 0 radical (unpaired) electrons. The van der Waals surface area contributed by atoms with Crippen LogP contribution in [0.2, 0.25) is 5.28 Å². The molecule has 44 valence electrons. The second-order valence-corrected chi connectivity index (χ2v) is 2.26. The van der Waals surface area contributed by atoms with Gasteiger partial charge in [-0.2, -0.15) is 0 Å². The van der Waals surface area contributed by atoms with Gasteiger partial charge in [0, 0.05) is 0 Å². The van der Waals surface area contributed by atoms with Crippen LogP contribution in [0.1, 0.15) is 0 Å². The molecule has 0 spiro atoms. The second-order valence-electron chi connectivity index (χ2n) is 1.92. The fraction of sp³-hybridized carbons (Fsp3) is 0. The standard InChI is InChI=1S/C4H5B2ClN2/c5-2-1-3(6)9-4(7)8-2/h1H,5-6H2. The van der Waals surface area contributed by atoms with Crippen molar-refractivity contribution in [3.05, 3.63) is 11.3 Å². The molecule has 1 aromatic rings. The van der Waals surface area contributed by atoms with Crippen LogP contribution in [0.3, 0.4) is 0 Å². The normalized spacial score (nSPS) is 9.44. The topological polar surface area (TPSA) is 25.8 Å². The van der Waals surface area contributed by atoms with Gasteiger partial charge in [0.2, 0.25) is 5.28 Å². The number of aromatic nitrogens is 2. The van der Waals surface area contributed by atoms with Crippen LogP contribution in [0.25, 0.3) is 0 Å². The Bertz CT molecular complexity index is 177. The lowest BCUT2D eigenvalue weighted by Gasteiger charge is -1.93. The lowest BCUT2D eigenvalue weighted by Crippen LogP contribution is -2.20. The molecule has 0 bridgehead atoms. The van der Waals surface area contributed by atoms with E-state index in [2.05, 4.69) is 9.97 Å². The molecule has 0 aliphatic rings. The van der Waals surface area contributed by atoms with Crippen LogP contribution < -0.4 is 11.2 Å². The molecule has 0 aliphatic heterocycles. The summed E-state index contributed by atoms with van der Waals surface area (Å²) in [6.07, 6.45) is 0. The quantitative estimate of drug-likeness (QED) is 0.296. The van der Waals surface area contributed by atoms with Gasteiger partial charge in [0.05, 0.1) is 0 Å². The molecular weight excluding hydrogens is 133 g/mol. The van der Waals surface area contributed by atoms with Crippen molar-refractivity contribution in [3.8, 4) is 0 Å². The molecule has 0 N–H and O–H groups in total. The van der Waals surface area contributed by atoms with Gasteiger partial charge in [-0.15, -0.1) is 0 Å². The fourth-order valence-electron chi connectivity index (χ4n) is 0.683. The minimum Gasteiger partial charge on any atom is -0.234 e. The highest BCUT2D eigenvalue weighted by Gasteiger charge is 1.92. The number of hydrogen-bond acceptors (Lipinski definition) is 2. The van der Waals surface area contributed by atoms with E-state index in [0.717, 1.165) is 11.2 Å². The summed E-state index contributed by atoms with van der Waals surface area (Å²) in [6, 6.07) is 1.88. The van der Waals surface area contributed by atoms with Crippen molar-refractivity contribution in [2.75, 3.05) is 0 Å². The molecule has 1 heterocycles. The second kappa shape index (κ2) is 2.40. The minimum atomic E-state index is 0.326. The molecule has 0 saturated heterocycles. The van der Waals surface area contributed by atoms with Crippen molar-refractivity contribution in [2.45, 2.75) is 0 Å². The van der Waals surface area contributed by atoms with Crippen LogP contribution in [0.15, 0.2) is 6.07 Å². The average Bonchev–Trinajstić information content (AvgIpc) is 1.59. The Kier molecular flexibility index (Phi) is 1.76. The van der Waals surface area contributed by atoms with Crippen molar-refractivity contribution in [1.29, 1.82) is 0 Å². The number of hydrogen-bond donors (Lipinski definition) is 0. The van der Waals surface area contributed by atoms with Gasteiger partial charge in [-0.05, 0) is 28.9 Å². The molecule has 0 saturated carbocycles. The number of halogens is 1. The molecule has 5 heteroatoms. The van der Waals surface area contributed by atoms with Crippen molar-refractivity contribution >= 4 is 38.5 Å². The van der Waals surface area contributed by atoms with Gasteiger partial charge in [-0.25, -0.2) is 9.97 Å². The van der Waals surface area contributed by atoms with Crippen LogP contribution in [0.4, 0.5) is 0 Å². The largest absolute Gasteiger partial charge is 0.234 e. The highest BCUT2D eigenvalue weighted by atomic mass is 35.5. The monoisotopic (exact) mass is 138 g/mol. The first-order valence-electron chi connectivity index (χ1n) is 2.66. The SMILES string of the molecule is Bc1cc(B)nc(Cl)n1. The number of nitrogens with zero attached hydrogens (tertiary/aromatic N) is 2. The Labute approximate surface area is 60.5 Å². The van der Waals surface area contributed by atoms with E-state index in [0.29, 0.717) is 5.28 Å². The van der Waals surface area contributed by atoms with Crippen LogP contribution in [0, 0.1) is 0 Å². The highest BCUT2D eigenvalue weighted by molar-refractivity contribution is 6.37. The van der Waals surface area contributed by atoms with Crippen LogP contribution in [-0.4, -0.2) is 25.7 Å². The van der Waals surface area contributed by atoms with E-state index in [9.17, 15) is 0 Å². The molecule has 0 atom stereocenters. The molecule has 1 rings (SSSR count). The summed E-state index contributed by atoms with van der Waals surface area (Å²) in [6.45, 7) is 0. The molecule has 0 aliphatic carbocycles. The Hall–Kier alpha value is -0.500. The first-order chi connectivity index (χ1) is 4.18. The summed E-state index contributed by atoms with van der Waals surface area (Å²) in [5.74, 6) is 0. The molecule has 0 amide bonds. The smallest absolute Gasteiger partial charge is 0.221 e. The molecule has 0 aromatic carbocycles. The summed E-state index contributed by atoms with van der Waals surface area (Å²) < 4.78 is 0. The molecule has 2 nitrogen and oxygen atoms in total. The maximum Gasteiger partial charge on any atom is 0.221 e. The maximum atomic E-state index is 5.53. The van der Waals surface area contributed by atoms with Crippen molar-refractivity contribution in [1.82, 2.24) is 9.97 Å². The van der Waals surface area contributed by atoms with E-state index >= 15 is 0 Å². The molecule has 9 heavy (non-hydrogen) atoms. The summed E-state index contributed by atoms with van der Waals surface area (Å²) >= 11 is 5.53. The Balaban J connectivity index is 3.17. The molecular formula is C4H5B2ClN2. The first kappa shape index (κ1) is 6.62. The lowest BCUT2D eigenvalue weighted by atomic mass is 9.97. The highest BCUT2D eigenvalue weighted by Crippen LogP contribution is 1.89.